The second kappa shape index (κ2) is 7.73. The number of hydrogen-bond acceptors (Lipinski definition) is 3. The fourth-order valence-corrected chi connectivity index (χ4v) is 5.08. The van der Waals surface area contributed by atoms with Crippen molar-refractivity contribution in [3.05, 3.63) is 28.8 Å². The molecule has 0 radical (unpaired) electrons. The van der Waals surface area contributed by atoms with Crippen LogP contribution in [-0.2, 0) is 15.4 Å². The Morgan fingerprint density at radius 2 is 1.50 bits per heavy atom. The van der Waals surface area contributed by atoms with Gasteiger partial charge in [-0.1, -0.05) is 32.9 Å². The molecule has 1 aromatic rings. The van der Waals surface area contributed by atoms with Gasteiger partial charge in [-0.3, -0.25) is 0 Å². The van der Waals surface area contributed by atoms with E-state index >= 15 is 0 Å². The molecule has 4 nitrogen and oxygen atoms in total. The van der Waals surface area contributed by atoms with Crippen LogP contribution in [0.3, 0.4) is 0 Å². The Balaban J connectivity index is 0.00000288. The number of sulfonamides is 1. The molecule has 0 aliphatic heterocycles. The highest BCUT2D eigenvalue weighted by molar-refractivity contribution is 7.89. The average molecular weight is 375 g/mol. The minimum Gasteiger partial charge on any atom is -0.328 e. The zero-order chi connectivity index (χ0) is 17.4. The van der Waals surface area contributed by atoms with Gasteiger partial charge in [0, 0.05) is 12.1 Å². The fourth-order valence-electron chi connectivity index (χ4n) is 3.32. The molecule has 138 valence electrons. The highest BCUT2D eigenvalue weighted by Crippen LogP contribution is 2.29. The first kappa shape index (κ1) is 21.4. The molecular weight excluding hydrogens is 344 g/mol. The van der Waals surface area contributed by atoms with Crippen LogP contribution in [0.15, 0.2) is 17.0 Å². The quantitative estimate of drug-likeness (QED) is 0.849. The lowest BCUT2D eigenvalue weighted by molar-refractivity contribution is 0.373. The second-order valence-electron chi connectivity index (χ2n) is 7.92. The van der Waals surface area contributed by atoms with E-state index in [0.717, 1.165) is 42.4 Å². The van der Waals surface area contributed by atoms with Crippen molar-refractivity contribution < 1.29 is 8.42 Å². The zero-order valence-corrected chi connectivity index (χ0v) is 17.0. The topological polar surface area (TPSA) is 72.2 Å². The van der Waals surface area contributed by atoms with Gasteiger partial charge in [0.2, 0.25) is 10.0 Å². The maximum absolute atomic E-state index is 12.8. The molecule has 0 aromatic heterocycles. The summed E-state index contributed by atoms with van der Waals surface area (Å²) in [5.74, 6) is 0. The number of rotatable bonds is 3. The van der Waals surface area contributed by atoms with Crippen molar-refractivity contribution in [2.45, 2.75) is 82.7 Å². The lowest BCUT2D eigenvalue weighted by Gasteiger charge is -2.27. The third-order valence-corrected chi connectivity index (χ3v) is 6.51. The lowest BCUT2D eigenvalue weighted by Crippen LogP contribution is -2.40. The first-order valence-corrected chi connectivity index (χ1v) is 9.88. The molecule has 3 N–H and O–H groups in total. The Hall–Kier alpha value is -0.620. The molecule has 1 saturated carbocycles. The van der Waals surface area contributed by atoms with Gasteiger partial charge in [0.05, 0.1) is 4.90 Å². The summed E-state index contributed by atoms with van der Waals surface area (Å²) in [6, 6.07) is 4.21. The minimum atomic E-state index is -3.49. The largest absolute Gasteiger partial charge is 0.328 e. The second-order valence-corrected chi connectivity index (χ2v) is 9.57. The normalized spacial score (nSPS) is 22.1. The molecule has 1 aliphatic rings. The van der Waals surface area contributed by atoms with Gasteiger partial charge in [-0.2, -0.15) is 0 Å². The van der Waals surface area contributed by atoms with E-state index in [2.05, 4.69) is 25.5 Å². The van der Waals surface area contributed by atoms with Crippen LogP contribution in [-0.4, -0.2) is 20.5 Å². The van der Waals surface area contributed by atoms with E-state index in [1.165, 1.54) is 0 Å². The standard InChI is InChI=1S/C18H30N2O2S.ClH/c1-12-10-14(18(3,4)5)11-13(2)17(12)23(21,22)20-16-8-6-15(19)7-9-16;/h10-11,15-16,20H,6-9,19H2,1-5H3;1H. The fraction of sp³-hybridized carbons (Fsp3) is 0.667. The summed E-state index contributed by atoms with van der Waals surface area (Å²) in [6.45, 7) is 10.2. The van der Waals surface area contributed by atoms with E-state index < -0.39 is 10.0 Å². The average Bonchev–Trinajstić information content (AvgIpc) is 2.39. The number of halogens is 1. The Bertz CT molecular complexity index is 650. The van der Waals surface area contributed by atoms with E-state index in [9.17, 15) is 8.42 Å². The van der Waals surface area contributed by atoms with Crippen LogP contribution >= 0.6 is 12.4 Å². The van der Waals surface area contributed by atoms with Gasteiger partial charge in [-0.05, 0) is 61.6 Å². The smallest absolute Gasteiger partial charge is 0.241 e. The van der Waals surface area contributed by atoms with Crippen LogP contribution in [0.5, 0.6) is 0 Å². The number of hydrogen-bond donors (Lipinski definition) is 2. The summed E-state index contributed by atoms with van der Waals surface area (Å²) in [6.07, 6.45) is 3.40. The minimum absolute atomic E-state index is 0. The van der Waals surface area contributed by atoms with Gasteiger partial charge in [-0.15, -0.1) is 12.4 Å². The summed E-state index contributed by atoms with van der Waals surface area (Å²) >= 11 is 0. The number of nitrogens with two attached hydrogens (primary N) is 1. The van der Waals surface area contributed by atoms with Crippen LogP contribution in [0, 0.1) is 13.8 Å². The zero-order valence-electron chi connectivity index (χ0n) is 15.3. The molecule has 0 bridgehead atoms. The maximum atomic E-state index is 12.8. The van der Waals surface area contributed by atoms with E-state index in [1.54, 1.807) is 0 Å². The molecule has 2 rings (SSSR count). The molecule has 0 amide bonds. The SMILES string of the molecule is Cc1cc(C(C)(C)C)cc(C)c1S(=O)(=O)NC1CCC(N)CC1.Cl. The van der Waals surface area contributed by atoms with Crippen molar-refractivity contribution >= 4 is 22.4 Å². The van der Waals surface area contributed by atoms with Crippen LogP contribution in [0.1, 0.15) is 63.1 Å². The molecule has 0 unspecified atom stereocenters. The summed E-state index contributed by atoms with van der Waals surface area (Å²) in [4.78, 5) is 0.431. The molecule has 0 atom stereocenters. The van der Waals surface area contributed by atoms with Crippen LogP contribution in [0.2, 0.25) is 0 Å². The highest BCUT2D eigenvalue weighted by Gasteiger charge is 2.27. The molecular formula is C18H31ClN2O2S. The number of nitrogens with one attached hydrogen (secondary N) is 1. The van der Waals surface area contributed by atoms with Crippen molar-refractivity contribution in [3.8, 4) is 0 Å². The molecule has 1 aliphatic carbocycles. The number of benzene rings is 1. The van der Waals surface area contributed by atoms with Crippen LogP contribution in [0.25, 0.3) is 0 Å². The molecule has 0 saturated heterocycles. The van der Waals surface area contributed by atoms with E-state index in [4.69, 9.17) is 5.73 Å². The van der Waals surface area contributed by atoms with Crippen molar-refractivity contribution in [2.75, 3.05) is 0 Å². The summed E-state index contributed by atoms with van der Waals surface area (Å²) in [5, 5.41) is 0. The van der Waals surface area contributed by atoms with Crippen molar-refractivity contribution in [2.24, 2.45) is 5.73 Å². The molecule has 6 heteroatoms. The Morgan fingerprint density at radius 1 is 1.04 bits per heavy atom. The first-order chi connectivity index (χ1) is 10.5. The number of aryl methyl sites for hydroxylation is 2. The van der Waals surface area contributed by atoms with E-state index in [1.807, 2.05) is 26.0 Å². The molecule has 0 heterocycles. The Kier molecular flexibility index (Phi) is 6.90. The third-order valence-electron chi connectivity index (χ3n) is 4.69. The monoisotopic (exact) mass is 374 g/mol. The van der Waals surface area contributed by atoms with E-state index in [0.29, 0.717) is 4.90 Å². The van der Waals surface area contributed by atoms with Gasteiger partial charge in [0.15, 0.2) is 0 Å². The predicted octanol–water partition coefficient (Wildman–Crippen LogP) is 3.57. The molecule has 1 fully saturated rings. The summed E-state index contributed by atoms with van der Waals surface area (Å²) in [7, 11) is -3.49. The van der Waals surface area contributed by atoms with Crippen LogP contribution in [0.4, 0.5) is 0 Å². The van der Waals surface area contributed by atoms with E-state index in [-0.39, 0.29) is 29.9 Å². The molecule has 0 spiro atoms. The summed E-state index contributed by atoms with van der Waals surface area (Å²) < 4.78 is 28.6. The van der Waals surface area contributed by atoms with Crippen LogP contribution < -0.4 is 10.5 Å². The maximum Gasteiger partial charge on any atom is 0.241 e. The highest BCUT2D eigenvalue weighted by atomic mass is 35.5. The summed E-state index contributed by atoms with van der Waals surface area (Å²) in [5.41, 5.74) is 8.70. The van der Waals surface area contributed by atoms with Gasteiger partial charge < -0.3 is 5.73 Å². The molecule has 24 heavy (non-hydrogen) atoms. The van der Waals surface area contributed by atoms with Crippen molar-refractivity contribution in [1.29, 1.82) is 0 Å². The lowest BCUT2D eigenvalue weighted by atomic mass is 9.85. The van der Waals surface area contributed by atoms with Gasteiger partial charge in [-0.25, -0.2) is 13.1 Å². The van der Waals surface area contributed by atoms with Gasteiger partial charge in [0.1, 0.15) is 0 Å². The first-order valence-electron chi connectivity index (χ1n) is 8.40. The Labute approximate surface area is 153 Å². The van der Waals surface area contributed by atoms with Crippen molar-refractivity contribution in [1.82, 2.24) is 4.72 Å². The van der Waals surface area contributed by atoms with Gasteiger partial charge >= 0.3 is 0 Å². The third kappa shape index (κ3) is 4.94. The Morgan fingerprint density at radius 3 is 1.92 bits per heavy atom. The van der Waals surface area contributed by atoms with Crippen molar-refractivity contribution in [3.63, 3.8) is 0 Å². The molecule has 1 aromatic carbocycles. The predicted molar refractivity (Wildman–Crippen MR) is 102 cm³/mol. The van der Waals surface area contributed by atoms with Gasteiger partial charge in [0.25, 0.3) is 0 Å².